The molecule has 2 amide bonds. The Morgan fingerprint density at radius 1 is 1.38 bits per heavy atom. The van der Waals surface area contributed by atoms with Gasteiger partial charge in [-0.05, 0) is 25.0 Å². The molecule has 1 unspecified atom stereocenters. The highest BCUT2D eigenvalue weighted by Crippen LogP contribution is 2.16. The molecule has 1 atom stereocenters. The lowest BCUT2D eigenvalue weighted by molar-refractivity contribution is -0.124. The summed E-state index contributed by atoms with van der Waals surface area (Å²) in [4.78, 5) is 31.1. The zero-order valence-electron chi connectivity index (χ0n) is 11.4. The van der Waals surface area contributed by atoms with E-state index in [-0.39, 0.29) is 11.8 Å². The summed E-state index contributed by atoms with van der Waals surface area (Å²) in [5.41, 5.74) is 1.35. The molecular weight excluding hydrogens is 268 g/mol. The maximum Gasteiger partial charge on any atom is 0.251 e. The number of hydrogen-bond acceptors (Lipinski definition) is 3. The lowest BCUT2D eigenvalue weighted by Crippen LogP contribution is -2.50. The molecule has 0 spiro atoms. The smallest absolute Gasteiger partial charge is 0.251 e. The van der Waals surface area contributed by atoms with Crippen LogP contribution in [0.15, 0.2) is 36.7 Å². The Morgan fingerprint density at radius 2 is 2.29 bits per heavy atom. The lowest BCUT2D eigenvalue weighted by atomic mass is 10.1. The quantitative estimate of drug-likeness (QED) is 0.788. The van der Waals surface area contributed by atoms with Gasteiger partial charge in [0, 0.05) is 30.1 Å². The monoisotopic (exact) mass is 284 g/mol. The Labute approximate surface area is 122 Å². The van der Waals surface area contributed by atoms with E-state index >= 15 is 0 Å². The zero-order chi connectivity index (χ0) is 14.7. The summed E-state index contributed by atoms with van der Waals surface area (Å²) in [6.45, 7) is 0.680. The number of rotatable bonds is 3. The average Bonchev–Trinajstić information content (AvgIpc) is 3.04. The van der Waals surface area contributed by atoms with E-state index in [2.05, 4.69) is 20.6 Å². The van der Waals surface area contributed by atoms with Crippen molar-refractivity contribution in [2.75, 3.05) is 6.54 Å². The van der Waals surface area contributed by atoms with E-state index in [1.807, 2.05) is 6.07 Å². The van der Waals surface area contributed by atoms with Crippen molar-refractivity contribution in [3.63, 3.8) is 0 Å². The molecule has 3 rings (SSSR count). The zero-order valence-corrected chi connectivity index (χ0v) is 11.4. The third-order valence-corrected chi connectivity index (χ3v) is 3.49. The number of amides is 2. The second-order valence-corrected chi connectivity index (χ2v) is 4.98. The van der Waals surface area contributed by atoms with Gasteiger partial charge in [-0.3, -0.25) is 9.59 Å². The fraction of sp³-hybridized carbons (Fsp3) is 0.267. The van der Waals surface area contributed by atoms with Crippen LogP contribution in [0.25, 0.3) is 11.4 Å². The van der Waals surface area contributed by atoms with Crippen LogP contribution in [0.1, 0.15) is 23.2 Å². The highest BCUT2D eigenvalue weighted by atomic mass is 16.2. The molecule has 3 N–H and O–H groups in total. The fourth-order valence-electron chi connectivity index (χ4n) is 2.38. The van der Waals surface area contributed by atoms with Crippen molar-refractivity contribution in [2.45, 2.75) is 18.9 Å². The number of aromatic nitrogens is 2. The molecule has 1 saturated heterocycles. The number of piperidine rings is 1. The number of nitrogens with one attached hydrogen (secondary N) is 3. The van der Waals surface area contributed by atoms with Crippen molar-refractivity contribution in [2.24, 2.45) is 0 Å². The van der Waals surface area contributed by atoms with E-state index in [0.29, 0.717) is 24.4 Å². The molecule has 0 radical (unpaired) electrons. The Bertz CT molecular complexity index is 651. The van der Waals surface area contributed by atoms with Gasteiger partial charge in [-0.2, -0.15) is 0 Å². The molecule has 2 aromatic rings. The molecule has 1 aromatic carbocycles. The molecule has 2 heterocycles. The summed E-state index contributed by atoms with van der Waals surface area (Å²) < 4.78 is 0. The molecule has 0 aliphatic carbocycles. The van der Waals surface area contributed by atoms with Crippen LogP contribution in [-0.2, 0) is 4.79 Å². The summed E-state index contributed by atoms with van der Waals surface area (Å²) in [5, 5.41) is 5.53. The molecule has 0 bridgehead atoms. The van der Waals surface area contributed by atoms with Crippen molar-refractivity contribution in [1.29, 1.82) is 0 Å². The number of benzene rings is 1. The molecule has 21 heavy (non-hydrogen) atoms. The van der Waals surface area contributed by atoms with Crippen LogP contribution in [0.3, 0.4) is 0 Å². The summed E-state index contributed by atoms with van der Waals surface area (Å²) in [5.74, 6) is 0.349. The minimum absolute atomic E-state index is 0.114. The molecule has 1 aromatic heterocycles. The fourth-order valence-corrected chi connectivity index (χ4v) is 2.38. The third-order valence-electron chi connectivity index (χ3n) is 3.49. The van der Waals surface area contributed by atoms with Crippen LogP contribution in [0, 0.1) is 0 Å². The predicted molar refractivity (Wildman–Crippen MR) is 77.5 cm³/mol. The van der Waals surface area contributed by atoms with Crippen molar-refractivity contribution >= 4 is 11.8 Å². The second kappa shape index (κ2) is 5.78. The highest BCUT2D eigenvalue weighted by Gasteiger charge is 2.24. The van der Waals surface area contributed by atoms with Gasteiger partial charge in [0.1, 0.15) is 11.9 Å². The predicted octanol–water partition coefficient (Wildman–Crippen LogP) is 1.09. The Kier molecular flexibility index (Phi) is 3.68. The minimum atomic E-state index is -0.446. The standard InChI is InChI=1S/C15H16N4O2/c20-14(19-12-5-2-6-18-15(12)21)11-4-1-3-10(9-11)13-16-7-8-17-13/h1,3-4,7-9,12H,2,5-6H2,(H,16,17)(H,18,21)(H,19,20). The number of carbonyl (C=O) groups is 2. The first-order valence-electron chi connectivity index (χ1n) is 6.92. The average molecular weight is 284 g/mol. The number of H-pyrrole nitrogens is 1. The van der Waals surface area contributed by atoms with E-state index in [1.54, 1.807) is 30.6 Å². The van der Waals surface area contributed by atoms with Crippen molar-refractivity contribution in [3.05, 3.63) is 42.2 Å². The number of aromatic amines is 1. The van der Waals surface area contributed by atoms with E-state index in [0.717, 1.165) is 12.0 Å². The Hall–Kier alpha value is -2.63. The van der Waals surface area contributed by atoms with Crippen LogP contribution in [-0.4, -0.2) is 34.4 Å². The minimum Gasteiger partial charge on any atom is -0.354 e. The number of nitrogens with zero attached hydrogens (tertiary/aromatic N) is 1. The van der Waals surface area contributed by atoms with Gasteiger partial charge >= 0.3 is 0 Å². The van der Waals surface area contributed by atoms with Gasteiger partial charge in [0.05, 0.1) is 0 Å². The first-order chi connectivity index (χ1) is 10.2. The molecule has 0 saturated carbocycles. The van der Waals surface area contributed by atoms with Gasteiger partial charge < -0.3 is 15.6 Å². The van der Waals surface area contributed by atoms with Crippen LogP contribution in [0.4, 0.5) is 0 Å². The van der Waals surface area contributed by atoms with E-state index in [1.165, 1.54) is 0 Å². The normalized spacial score (nSPS) is 18.1. The van der Waals surface area contributed by atoms with Gasteiger partial charge in [0.25, 0.3) is 5.91 Å². The maximum absolute atomic E-state index is 12.3. The second-order valence-electron chi connectivity index (χ2n) is 4.98. The van der Waals surface area contributed by atoms with E-state index in [9.17, 15) is 9.59 Å². The van der Waals surface area contributed by atoms with Crippen LogP contribution in [0.5, 0.6) is 0 Å². The Morgan fingerprint density at radius 3 is 3.05 bits per heavy atom. The SMILES string of the molecule is O=C(NC1CCCNC1=O)c1cccc(-c2ncc[nH]2)c1. The van der Waals surface area contributed by atoms with Crippen molar-refractivity contribution in [3.8, 4) is 11.4 Å². The Balaban J connectivity index is 1.75. The van der Waals surface area contributed by atoms with Crippen molar-refractivity contribution < 1.29 is 9.59 Å². The maximum atomic E-state index is 12.3. The lowest BCUT2D eigenvalue weighted by Gasteiger charge is -2.22. The molecule has 1 aliphatic heterocycles. The van der Waals surface area contributed by atoms with Gasteiger partial charge in [0.15, 0.2) is 0 Å². The topological polar surface area (TPSA) is 86.9 Å². The number of hydrogen-bond donors (Lipinski definition) is 3. The summed E-state index contributed by atoms with van der Waals surface area (Å²) in [6, 6.07) is 6.71. The van der Waals surface area contributed by atoms with Crippen LogP contribution in [0.2, 0.25) is 0 Å². The first kappa shape index (κ1) is 13.4. The van der Waals surface area contributed by atoms with E-state index < -0.39 is 6.04 Å². The molecule has 108 valence electrons. The first-order valence-corrected chi connectivity index (χ1v) is 6.92. The largest absolute Gasteiger partial charge is 0.354 e. The molecule has 1 fully saturated rings. The molecule has 6 heteroatoms. The highest BCUT2D eigenvalue weighted by molar-refractivity contribution is 5.98. The number of carbonyl (C=O) groups excluding carboxylic acids is 2. The molecular formula is C15H16N4O2. The summed E-state index contributed by atoms with van der Waals surface area (Å²) in [7, 11) is 0. The van der Waals surface area contributed by atoms with Crippen molar-refractivity contribution in [1.82, 2.24) is 20.6 Å². The third kappa shape index (κ3) is 2.94. The molecule has 1 aliphatic rings. The van der Waals surface area contributed by atoms with Gasteiger partial charge in [-0.15, -0.1) is 0 Å². The summed E-state index contributed by atoms with van der Waals surface area (Å²) in [6.07, 6.45) is 4.95. The van der Waals surface area contributed by atoms with Gasteiger partial charge in [-0.25, -0.2) is 4.98 Å². The number of imidazole rings is 1. The summed E-state index contributed by atoms with van der Waals surface area (Å²) >= 11 is 0. The van der Waals surface area contributed by atoms with E-state index in [4.69, 9.17) is 0 Å². The van der Waals surface area contributed by atoms with Crippen LogP contribution < -0.4 is 10.6 Å². The van der Waals surface area contributed by atoms with Crippen LogP contribution >= 0.6 is 0 Å². The molecule has 6 nitrogen and oxygen atoms in total. The van der Waals surface area contributed by atoms with Gasteiger partial charge in [0.2, 0.25) is 5.91 Å². The van der Waals surface area contributed by atoms with Gasteiger partial charge in [-0.1, -0.05) is 12.1 Å².